The summed E-state index contributed by atoms with van der Waals surface area (Å²) in [5.74, 6) is 0.159. The van der Waals surface area contributed by atoms with E-state index >= 15 is 0 Å². The van der Waals surface area contributed by atoms with E-state index < -0.39 is 6.04 Å². The molecule has 2 rings (SSSR count). The third kappa shape index (κ3) is 6.00. The molecule has 1 N–H and O–H groups in total. The molecular formula is C21H25ClN2O3. The quantitative estimate of drug-likeness (QED) is 0.713. The number of benzene rings is 2. The van der Waals surface area contributed by atoms with Crippen molar-refractivity contribution in [3.05, 3.63) is 65.2 Å². The Balaban J connectivity index is 2.20. The van der Waals surface area contributed by atoms with E-state index in [9.17, 15) is 9.59 Å². The fraction of sp³-hybridized carbons (Fsp3) is 0.333. The van der Waals surface area contributed by atoms with Gasteiger partial charge >= 0.3 is 0 Å². The summed E-state index contributed by atoms with van der Waals surface area (Å²) < 4.78 is 5.60. The first kappa shape index (κ1) is 20.8. The van der Waals surface area contributed by atoms with Gasteiger partial charge < -0.3 is 15.0 Å². The molecule has 5 nitrogen and oxygen atoms in total. The largest absolute Gasteiger partial charge is 0.484 e. The van der Waals surface area contributed by atoms with E-state index in [0.29, 0.717) is 23.7 Å². The molecule has 0 aliphatic heterocycles. The highest BCUT2D eigenvalue weighted by Gasteiger charge is 2.29. The molecule has 1 atom stereocenters. The Morgan fingerprint density at radius 2 is 1.74 bits per heavy atom. The van der Waals surface area contributed by atoms with Crippen LogP contribution in [0.25, 0.3) is 0 Å². The van der Waals surface area contributed by atoms with Crippen LogP contribution in [0.4, 0.5) is 0 Å². The molecule has 2 aromatic carbocycles. The molecule has 0 saturated heterocycles. The number of carbonyl (C=O) groups is 2. The van der Waals surface area contributed by atoms with Gasteiger partial charge in [-0.05, 0) is 37.1 Å². The van der Waals surface area contributed by atoms with Crippen LogP contribution in [0.3, 0.4) is 0 Å². The lowest BCUT2D eigenvalue weighted by Gasteiger charge is -2.30. The molecule has 0 radical (unpaired) electrons. The van der Waals surface area contributed by atoms with Crippen LogP contribution < -0.4 is 10.1 Å². The van der Waals surface area contributed by atoms with Crippen LogP contribution in [-0.4, -0.2) is 35.9 Å². The summed E-state index contributed by atoms with van der Waals surface area (Å²) in [7, 11) is 0. The van der Waals surface area contributed by atoms with E-state index in [1.165, 1.54) is 4.90 Å². The monoisotopic (exact) mass is 388 g/mol. The predicted molar refractivity (Wildman–Crippen MR) is 107 cm³/mol. The van der Waals surface area contributed by atoms with Gasteiger partial charge in [0, 0.05) is 18.1 Å². The Morgan fingerprint density at radius 3 is 2.37 bits per heavy atom. The van der Waals surface area contributed by atoms with E-state index in [-0.39, 0.29) is 25.0 Å². The number of carbonyl (C=O) groups excluding carboxylic acids is 2. The number of nitrogens with zero attached hydrogens (tertiary/aromatic N) is 1. The molecule has 0 spiro atoms. The number of ether oxygens (including phenoxy) is 1. The van der Waals surface area contributed by atoms with Gasteiger partial charge in [-0.2, -0.15) is 0 Å². The number of likely N-dealkylation sites (N-methyl/N-ethyl adjacent to an activating group) is 1. The van der Waals surface area contributed by atoms with Crippen LogP contribution in [0, 0.1) is 0 Å². The van der Waals surface area contributed by atoms with Crippen molar-refractivity contribution >= 4 is 23.4 Å². The third-order valence-electron chi connectivity index (χ3n) is 4.14. The van der Waals surface area contributed by atoms with Crippen molar-refractivity contribution in [2.75, 3.05) is 13.2 Å². The van der Waals surface area contributed by atoms with Gasteiger partial charge in [-0.15, -0.1) is 0 Å². The Morgan fingerprint density at radius 1 is 1.07 bits per heavy atom. The molecule has 2 amide bonds. The summed E-state index contributed by atoms with van der Waals surface area (Å²) in [4.78, 5) is 26.9. The van der Waals surface area contributed by atoms with E-state index in [1.54, 1.807) is 18.2 Å². The van der Waals surface area contributed by atoms with Gasteiger partial charge in [-0.1, -0.05) is 54.9 Å². The fourth-order valence-corrected chi connectivity index (χ4v) is 2.96. The summed E-state index contributed by atoms with van der Waals surface area (Å²) in [6.45, 7) is 4.33. The number of hydrogen-bond donors (Lipinski definition) is 1. The standard InChI is InChI=1S/C21H25ClN2O3/c1-3-19(21(26)23-4-2)24(14-16-10-8-9-13-18(16)22)20(25)15-27-17-11-6-5-7-12-17/h5-13,19H,3-4,14-15H2,1-2H3,(H,23,26)/t19-/m0/s1. The van der Waals surface area contributed by atoms with Crippen molar-refractivity contribution in [1.29, 1.82) is 0 Å². The number of rotatable bonds is 9. The molecule has 6 heteroatoms. The van der Waals surface area contributed by atoms with Crippen LogP contribution in [0.5, 0.6) is 5.75 Å². The van der Waals surface area contributed by atoms with E-state index in [0.717, 1.165) is 5.56 Å². The average Bonchev–Trinajstić information content (AvgIpc) is 2.68. The highest BCUT2D eigenvalue weighted by atomic mass is 35.5. The second-order valence-corrected chi connectivity index (χ2v) is 6.44. The first-order chi connectivity index (χ1) is 13.1. The highest BCUT2D eigenvalue weighted by Crippen LogP contribution is 2.20. The molecule has 27 heavy (non-hydrogen) atoms. The number of halogens is 1. The van der Waals surface area contributed by atoms with Crippen LogP contribution in [0.15, 0.2) is 54.6 Å². The van der Waals surface area contributed by atoms with Crippen molar-refractivity contribution in [2.24, 2.45) is 0 Å². The van der Waals surface area contributed by atoms with Crippen molar-refractivity contribution < 1.29 is 14.3 Å². The van der Waals surface area contributed by atoms with Crippen molar-refractivity contribution in [1.82, 2.24) is 10.2 Å². The maximum atomic E-state index is 12.9. The molecule has 0 bridgehead atoms. The van der Waals surface area contributed by atoms with Gasteiger partial charge in [-0.3, -0.25) is 9.59 Å². The summed E-state index contributed by atoms with van der Waals surface area (Å²) in [5.41, 5.74) is 0.787. The fourth-order valence-electron chi connectivity index (χ4n) is 2.77. The Bertz CT molecular complexity index is 752. The lowest BCUT2D eigenvalue weighted by Crippen LogP contribution is -2.50. The van der Waals surface area contributed by atoms with Gasteiger partial charge in [0.05, 0.1) is 0 Å². The van der Waals surface area contributed by atoms with Crippen molar-refractivity contribution in [2.45, 2.75) is 32.9 Å². The molecule has 2 aromatic rings. The lowest BCUT2D eigenvalue weighted by atomic mass is 10.1. The smallest absolute Gasteiger partial charge is 0.261 e. The summed E-state index contributed by atoms with van der Waals surface area (Å²) in [6.07, 6.45) is 0.493. The molecule has 144 valence electrons. The van der Waals surface area contributed by atoms with E-state index in [4.69, 9.17) is 16.3 Å². The van der Waals surface area contributed by atoms with Gasteiger partial charge in [-0.25, -0.2) is 0 Å². The molecule has 0 heterocycles. The first-order valence-electron chi connectivity index (χ1n) is 9.05. The van der Waals surface area contributed by atoms with Gasteiger partial charge in [0.1, 0.15) is 11.8 Å². The molecule has 0 unspecified atom stereocenters. The zero-order valence-electron chi connectivity index (χ0n) is 15.7. The summed E-state index contributed by atoms with van der Waals surface area (Å²) >= 11 is 6.26. The van der Waals surface area contributed by atoms with Crippen molar-refractivity contribution in [3.63, 3.8) is 0 Å². The summed E-state index contributed by atoms with van der Waals surface area (Å²) in [5, 5.41) is 3.36. The average molecular weight is 389 g/mol. The molecule has 0 fully saturated rings. The molecule has 0 aliphatic carbocycles. The number of hydrogen-bond acceptors (Lipinski definition) is 3. The number of amides is 2. The Hall–Kier alpha value is -2.53. The van der Waals surface area contributed by atoms with E-state index in [1.807, 2.05) is 50.2 Å². The number of para-hydroxylation sites is 1. The Kier molecular flexibility index (Phi) is 8.14. The van der Waals surface area contributed by atoms with Gasteiger partial charge in [0.25, 0.3) is 5.91 Å². The van der Waals surface area contributed by atoms with Gasteiger partial charge in [0.2, 0.25) is 5.91 Å². The zero-order chi connectivity index (χ0) is 19.6. The van der Waals surface area contributed by atoms with Crippen LogP contribution in [0.2, 0.25) is 5.02 Å². The zero-order valence-corrected chi connectivity index (χ0v) is 16.4. The minimum absolute atomic E-state index is 0.148. The van der Waals surface area contributed by atoms with Gasteiger partial charge in [0.15, 0.2) is 6.61 Å². The lowest BCUT2D eigenvalue weighted by molar-refractivity contribution is -0.142. The minimum Gasteiger partial charge on any atom is -0.484 e. The van der Waals surface area contributed by atoms with Crippen molar-refractivity contribution in [3.8, 4) is 5.75 Å². The molecule has 0 saturated carbocycles. The second-order valence-electron chi connectivity index (χ2n) is 6.03. The summed E-state index contributed by atoms with van der Waals surface area (Å²) in [6, 6.07) is 15.8. The Labute approximate surface area is 165 Å². The van der Waals surface area contributed by atoms with Crippen LogP contribution in [0.1, 0.15) is 25.8 Å². The first-order valence-corrected chi connectivity index (χ1v) is 9.43. The van der Waals surface area contributed by atoms with E-state index in [2.05, 4.69) is 5.32 Å². The maximum Gasteiger partial charge on any atom is 0.261 e. The van der Waals surface area contributed by atoms with Crippen LogP contribution in [-0.2, 0) is 16.1 Å². The third-order valence-corrected chi connectivity index (χ3v) is 4.51. The van der Waals surface area contributed by atoms with Crippen LogP contribution >= 0.6 is 11.6 Å². The molecular weight excluding hydrogens is 364 g/mol. The highest BCUT2D eigenvalue weighted by molar-refractivity contribution is 6.31. The normalized spacial score (nSPS) is 11.5. The number of nitrogens with one attached hydrogen (secondary N) is 1. The second kappa shape index (κ2) is 10.6. The molecule has 0 aromatic heterocycles. The minimum atomic E-state index is -0.590. The molecule has 0 aliphatic rings. The SMILES string of the molecule is CCNC(=O)[C@H](CC)N(Cc1ccccc1Cl)C(=O)COc1ccccc1. The maximum absolute atomic E-state index is 12.9. The predicted octanol–water partition coefficient (Wildman–Crippen LogP) is 3.66. The topological polar surface area (TPSA) is 58.6 Å².